The quantitative estimate of drug-likeness (QED) is 0.649. The van der Waals surface area contributed by atoms with E-state index in [2.05, 4.69) is 10.2 Å². The number of sulfonamides is 1. The first kappa shape index (κ1) is 22.5. The van der Waals surface area contributed by atoms with Crippen LogP contribution in [0.15, 0.2) is 52.0 Å². The van der Waals surface area contributed by atoms with Crippen LogP contribution < -0.4 is 5.32 Å². The number of likely N-dealkylation sites (N-methyl/N-ethyl adjacent to an activating group) is 1. The number of rotatable bonds is 9. The van der Waals surface area contributed by atoms with E-state index in [1.165, 1.54) is 10.4 Å². The van der Waals surface area contributed by atoms with E-state index in [9.17, 15) is 13.2 Å². The third-order valence-electron chi connectivity index (χ3n) is 5.30. The Bertz CT molecular complexity index is 920. The van der Waals surface area contributed by atoms with Crippen LogP contribution in [0.25, 0.3) is 0 Å². The molecule has 0 saturated carbocycles. The van der Waals surface area contributed by atoms with Crippen molar-refractivity contribution >= 4 is 15.9 Å². The predicted molar refractivity (Wildman–Crippen MR) is 113 cm³/mol. The fourth-order valence-corrected chi connectivity index (χ4v) is 5.24. The number of furan rings is 1. The molecule has 0 spiro atoms. The number of carbonyl (C=O) groups is 1. The summed E-state index contributed by atoms with van der Waals surface area (Å²) in [4.78, 5) is 15.2. The molecule has 9 heteroatoms. The molecule has 8 nitrogen and oxygen atoms in total. The first-order valence-electron chi connectivity index (χ1n) is 10.2. The normalized spacial score (nSPS) is 16.5. The standard InChI is InChI=1S/C21H29N3O5S/c1-3-23(4-2)18(19-9-7-13-29-19)16-22-21(25)17-8-5-6-10-20(17)30(26,27)24-11-14-28-15-12-24/h5-10,13,18H,3-4,11-12,14-16H2,1-2H3,(H,22,25). The second-order valence-corrected chi connectivity index (χ2v) is 8.88. The highest BCUT2D eigenvalue weighted by molar-refractivity contribution is 7.89. The molecule has 1 aliphatic heterocycles. The summed E-state index contributed by atoms with van der Waals surface area (Å²) in [6, 6.07) is 9.88. The maximum absolute atomic E-state index is 13.1. The minimum absolute atomic E-state index is 0.0155. The van der Waals surface area contributed by atoms with E-state index >= 15 is 0 Å². The zero-order valence-electron chi connectivity index (χ0n) is 17.4. The number of nitrogens with one attached hydrogen (secondary N) is 1. The van der Waals surface area contributed by atoms with Crippen LogP contribution in [0.3, 0.4) is 0 Å². The van der Waals surface area contributed by atoms with Gasteiger partial charge in [-0.15, -0.1) is 0 Å². The minimum Gasteiger partial charge on any atom is -0.468 e. The summed E-state index contributed by atoms with van der Waals surface area (Å²) >= 11 is 0. The summed E-state index contributed by atoms with van der Waals surface area (Å²) in [5.41, 5.74) is 0.140. The Morgan fingerprint density at radius 1 is 1.13 bits per heavy atom. The Kier molecular flexibility index (Phi) is 7.65. The number of hydrogen-bond acceptors (Lipinski definition) is 6. The zero-order chi connectivity index (χ0) is 21.6. The second-order valence-electron chi connectivity index (χ2n) is 6.98. The maximum atomic E-state index is 13.1. The van der Waals surface area contributed by atoms with Gasteiger partial charge in [0, 0.05) is 19.6 Å². The molecule has 1 saturated heterocycles. The summed E-state index contributed by atoms with van der Waals surface area (Å²) in [6.07, 6.45) is 1.61. The fourth-order valence-electron chi connectivity index (χ4n) is 3.64. The van der Waals surface area contributed by atoms with E-state index in [0.717, 1.165) is 18.8 Å². The number of nitrogens with zero attached hydrogens (tertiary/aromatic N) is 2. The molecular weight excluding hydrogens is 406 g/mol. The molecule has 0 radical (unpaired) electrons. The number of benzene rings is 1. The Hall–Kier alpha value is -2.20. The van der Waals surface area contributed by atoms with Crippen LogP contribution in [0.4, 0.5) is 0 Å². The van der Waals surface area contributed by atoms with Gasteiger partial charge in [-0.05, 0) is 37.4 Å². The molecule has 1 atom stereocenters. The van der Waals surface area contributed by atoms with Crippen molar-refractivity contribution in [2.75, 3.05) is 45.9 Å². The largest absolute Gasteiger partial charge is 0.468 e. The molecule has 1 N–H and O–H groups in total. The SMILES string of the molecule is CCN(CC)C(CNC(=O)c1ccccc1S(=O)(=O)N1CCOCC1)c1ccco1. The predicted octanol–water partition coefficient (Wildman–Crippen LogP) is 2.11. The summed E-state index contributed by atoms with van der Waals surface area (Å²) < 4.78 is 38.4. The average Bonchev–Trinajstić information content (AvgIpc) is 3.31. The highest BCUT2D eigenvalue weighted by Crippen LogP contribution is 2.23. The van der Waals surface area contributed by atoms with Gasteiger partial charge in [-0.2, -0.15) is 4.31 Å². The van der Waals surface area contributed by atoms with E-state index in [1.807, 2.05) is 26.0 Å². The summed E-state index contributed by atoms with van der Waals surface area (Å²) in [7, 11) is -3.78. The van der Waals surface area contributed by atoms with Crippen molar-refractivity contribution in [3.8, 4) is 0 Å². The lowest BCUT2D eigenvalue weighted by Gasteiger charge is -2.29. The molecule has 0 aliphatic carbocycles. The summed E-state index contributed by atoms with van der Waals surface area (Å²) in [5.74, 6) is 0.333. The fraction of sp³-hybridized carbons (Fsp3) is 0.476. The van der Waals surface area contributed by atoms with Crippen LogP contribution in [-0.4, -0.2) is 69.5 Å². The Morgan fingerprint density at radius 3 is 2.47 bits per heavy atom. The zero-order valence-corrected chi connectivity index (χ0v) is 18.2. The molecule has 1 unspecified atom stereocenters. The van der Waals surface area contributed by atoms with E-state index in [1.54, 1.807) is 24.5 Å². The van der Waals surface area contributed by atoms with Crippen LogP contribution in [-0.2, 0) is 14.8 Å². The first-order chi connectivity index (χ1) is 14.5. The van der Waals surface area contributed by atoms with Gasteiger partial charge in [0.15, 0.2) is 0 Å². The number of morpholine rings is 1. The monoisotopic (exact) mass is 435 g/mol. The molecule has 30 heavy (non-hydrogen) atoms. The van der Waals surface area contributed by atoms with Crippen molar-refractivity contribution in [1.29, 1.82) is 0 Å². The van der Waals surface area contributed by atoms with Crippen molar-refractivity contribution in [2.24, 2.45) is 0 Å². The Balaban J connectivity index is 1.80. The van der Waals surface area contributed by atoms with Crippen LogP contribution in [0.1, 0.15) is 36.0 Å². The van der Waals surface area contributed by atoms with Gasteiger partial charge in [0.25, 0.3) is 5.91 Å². The van der Waals surface area contributed by atoms with E-state index in [4.69, 9.17) is 9.15 Å². The van der Waals surface area contributed by atoms with Gasteiger partial charge in [0.2, 0.25) is 10.0 Å². The summed E-state index contributed by atoms with van der Waals surface area (Å²) in [5, 5.41) is 2.90. The molecule has 1 amide bonds. The number of amides is 1. The van der Waals surface area contributed by atoms with Crippen LogP contribution in [0.2, 0.25) is 0 Å². The molecule has 3 rings (SSSR count). The third kappa shape index (κ3) is 4.92. The lowest BCUT2D eigenvalue weighted by atomic mass is 10.1. The average molecular weight is 436 g/mol. The Labute approximate surface area is 177 Å². The molecule has 0 bridgehead atoms. The van der Waals surface area contributed by atoms with E-state index < -0.39 is 15.9 Å². The van der Waals surface area contributed by atoms with Crippen molar-refractivity contribution < 1.29 is 22.4 Å². The van der Waals surface area contributed by atoms with Crippen molar-refractivity contribution in [3.63, 3.8) is 0 Å². The van der Waals surface area contributed by atoms with Crippen LogP contribution >= 0.6 is 0 Å². The maximum Gasteiger partial charge on any atom is 0.252 e. The molecule has 1 aromatic carbocycles. The lowest BCUT2D eigenvalue weighted by molar-refractivity contribution is 0.0729. The van der Waals surface area contributed by atoms with Crippen molar-refractivity contribution in [1.82, 2.24) is 14.5 Å². The number of carbonyl (C=O) groups excluding carboxylic acids is 1. The number of hydrogen-bond donors (Lipinski definition) is 1. The lowest BCUT2D eigenvalue weighted by Crippen LogP contribution is -2.42. The highest BCUT2D eigenvalue weighted by atomic mass is 32.2. The highest BCUT2D eigenvalue weighted by Gasteiger charge is 2.30. The topological polar surface area (TPSA) is 92.1 Å². The first-order valence-corrected chi connectivity index (χ1v) is 11.7. The van der Waals surface area contributed by atoms with Gasteiger partial charge in [0.1, 0.15) is 5.76 Å². The van der Waals surface area contributed by atoms with Crippen molar-refractivity contribution in [3.05, 3.63) is 54.0 Å². The summed E-state index contributed by atoms with van der Waals surface area (Å²) in [6.45, 7) is 7.24. The van der Waals surface area contributed by atoms with E-state index in [0.29, 0.717) is 19.8 Å². The molecular formula is C21H29N3O5S. The third-order valence-corrected chi connectivity index (χ3v) is 7.26. The van der Waals surface area contributed by atoms with Gasteiger partial charge in [-0.1, -0.05) is 26.0 Å². The smallest absolute Gasteiger partial charge is 0.252 e. The van der Waals surface area contributed by atoms with Gasteiger partial charge in [0.05, 0.1) is 36.0 Å². The van der Waals surface area contributed by atoms with Crippen LogP contribution in [0.5, 0.6) is 0 Å². The molecule has 1 aromatic heterocycles. The van der Waals surface area contributed by atoms with Gasteiger partial charge in [-0.25, -0.2) is 8.42 Å². The van der Waals surface area contributed by atoms with Gasteiger partial charge < -0.3 is 14.5 Å². The molecule has 1 aliphatic rings. The van der Waals surface area contributed by atoms with Gasteiger partial charge in [-0.3, -0.25) is 9.69 Å². The van der Waals surface area contributed by atoms with E-state index in [-0.39, 0.29) is 29.6 Å². The molecule has 2 aromatic rings. The number of ether oxygens (including phenoxy) is 1. The van der Waals surface area contributed by atoms with Crippen LogP contribution in [0, 0.1) is 0 Å². The van der Waals surface area contributed by atoms with Gasteiger partial charge >= 0.3 is 0 Å². The minimum atomic E-state index is -3.78. The molecule has 1 fully saturated rings. The molecule has 2 heterocycles. The Morgan fingerprint density at radius 2 is 1.83 bits per heavy atom. The second kappa shape index (κ2) is 10.2. The molecule has 164 valence electrons. The van der Waals surface area contributed by atoms with Crippen molar-refractivity contribution in [2.45, 2.75) is 24.8 Å².